The third-order valence-corrected chi connectivity index (χ3v) is 5.84. The summed E-state index contributed by atoms with van der Waals surface area (Å²) in [5.41, 5.74) is 3.27. The Balaban J connectivity index is 1.54. The Bertz CT molecular complexity index is 707. The number of rotatable bonds is 7. The molecule has 0 radical (unpaired) electrons. The highest BCUT2D eigenvalue weighted by Gasteiger charge is 2.19. The number of unbranched alkanes of at least 4 members (excludes halogenated alkanes) is 2. The first-order chi connectivity index (χ1) is 13.2. The van der Waals surface area contributed by atoms with Crippen molar-refractivity contribution in [3.8, 4) is 5.75 Å². The van der Waals surface area contributed by atoms with Gasteiger partial charge in [-0.2, -0.15) is 0 Å². The maximum absolute atomic E-state index is 12.4. The van der Waals surface area contributed by atoms with Gasteiger partial charge in [-0.25, -0.2) is 4.79 Å². The van der Waals surface area contributed by atoms with Crippen molar-refractivity contribution in [2.75, 3.05) is 0 Å². The molecule has 2 aromatic rings. The van der Waals surface area contributed by atoms with E-state index in [2.05, 4.69) is 26.0 Å². The number of hydrogen-bond donors (Lipinski definition) is 0. The Kier molecular flexibility index (Phi) is 7.09. The molecule has 2 aromatic carbocycles. The first kappa shape index (κ1) is 19.7. The molecule has 1 aliphatic rings. The van der Waals surface area contributed by atoms with Crippen LogP contribution in [0.4, 0.5) is 0 Å². The fourth-order valence-corrected chi connectivity index (χ4v) is 3.95. The van der Waals surface area contributed by atoms with Crippen LogP contribution in [0.15, 0.2) is 48.5 Å². The molecule has 0 amide bonds. The molecule has 3 rings (SSSR count). The van der Waals surface area contributed by atoms with E-state index < -0.39 is 0 Å². The molecule has 0 saturated heterocycles. The molecule has 0 N–H and O–H groups in total. The van der Waals surface area contributed by atoms with Gasteiger partial charge in [0.15, 0.2) is 0 Å². The van der Waals surface area contributed by atoms with Crippen molar-refractivity contribution in [1.29, 1.82) is 0 Å². The second kappa shape index (κ2) is 9.73. The molecule has 0 atom stereocenters. The van der Waals surface area contributed by atoms with Crippen LogP contribution in [0.3, 0.4) is 0 Å². The van der Waals surface area contributed by atoms with Crippen LogP contribution >= 0.6 is 0 Å². The zero-order valence-electron chi connectivity index (χ0n) is 16.7. The van der Waals surface area contributed by atoms with Crippen LogP contribution in [0, 0.1) is 5.92 Å². The van der Waals surface area contributed by atoms with Crippen LogP contribution in [-0.4, -0.2) is 5.97 Å². The van der Waals surface area contributed by atoms with Gasteiger partial charge in [0.25, 0.3) is 0 Å². The Hall–Kier alpha value is -2.09. The van der Waals surface area contributed by atoms with Gasteiger partial charge < -0.3 is 4.74 Å². The minimum absolute atomic E-state index is 0.283. The minimum atomic E-state index is -0.283. The van der Waals surface area contributed by atoms with Gasteiger partial charge in [0.1, 0.15) is 5.75 Å². The molecule has 1 aliphatic carbocycles. The Labute approximate surface area is 164 Å². The molecule has 0 spiro atoms. The van der Waals surface area contributed by atoms with Crippen LogP contribution in [0.5, 0.6) is 5.75 Å². The maximum Gasteiger partial charge on any atom is 0.343 e. The largest absolute Gasteiger partial charge is 0.423 e. The molecule has 0 bridgehead atoms. The molecule has 27 heavy (non-hydrogen) atoms. The standard InChI is InChI=1S/C25H32O2/c1-3-4-5-6-20-9-13-23(14-10-20)25(26)27-24-17-15-22(16-18-24)21-11-7-19(2)8-12-21/h9-10,13-19,21H,3-8,11-12H2,1-2H3. The van der Waals surface area contributed by atoms with Crippen LogP contribution < -0.4 is 4.74 Å². The van der Waals surface area contributed by atoms with Gasteiger partial charge in [-0.1, -0.05) is 63.8 Å². The van der Waals surface area contributed by atoms with E-state index in [4.69, 9.17) is 4.74 Å². The molecular weight excluding hydrogens is 332 g/mol. The van der Waals surface area contributed by atoms with Gasteiger partial charge in [0, 0.05) is 0 Å². The summed E-state index contributed by atoms with van der Waals surface area (Å²) in [6.45, 7) is 4.55. The van der Waals surface area contributed by atoms with Gasteiger partial charge in [0.05, 0.1) is 5.56 Å². The number of aryl methyl sites for hydroxylation is 1. The molecule has 0 unspecified atom stereocenters. The average molecular weight is 365 g/mol. The predicted molar refractivity (Wildman–Crippen MR) is 111 cm³/mol. The van der Waals surface area contributed by atoms with E-state index in [1.54, 1.807) is 0 Å². The third kappa shape index (κ3) is 5.69. The minimum Gasteiger partial charge on any atom is -0.423 e. The lowest BCUT2D eigenvalue weighted by Crippen LogP contribution is -2.11. The summed E-state index contributed by atoms with van der Waals surface area (Å²) >= 11 is 0. The number of hydrogen-bond acceptors (Lipinski definition) is 2. The zero-order chi connectivity index (χ0) is 19.1. The number of carbonyl (C=O) groups excluding carboxylic acids is 1. The van der Waals surface area contributed by atoms with Crippen LogP contribution in [0.2, 0.25) is 0 Å². The van der Waals surface area contributed by atoms with E-state index in [0.29, 0.717) is 17.2 Å². The summed E-state index contributed by atoms with van der Waals surface area (Å²) in [5, 5.41) is 0. The Morgan fingerprint density at radius 2 is 1.59 bits per heavy atom. The predicted octanol–water partition coefficient (Wildman–Crippen LogP) is 6.93. The highest BCUT2D eigenvalue weighted by molar-refractivity contribution is 5.91. The van der Waals surface area contributed by atoms with E-state index in [1.807, 2.05) is 36.4 Å². The molecule has 0 aliphatic heterocycles. The summed E-state index contributed by atoms with van der Waals surface area (Å²) in [7, 11) is 0. The smallest absolute Gasteiger partial charge is 0.343 e. The molecule has 1 fully saturated rings. The van der Waals surface area contributed by atoms with Gasteiger partial charge in [-0.3, -0.25) is 0 Å². The molecule has 144 valence electrons. The van der Waals surface area contributed by atoms with Crippen molar-refractivity contribution in [1.82, 2.24) is 0 Å². The summed E-state index contributed by atoms with van der Waals surface area (Å²) < 4.78 is 5.56. The molecule has 2 nitrogen and oxygen atoms in total. The highest BCUT2D eigenvalue weighted by atomic mass is 16.5. The van der Waals surface area contributed by atoms with Crippen molar-refractivity contribution in [2.45, 2.75) is 71.1 Å². The lowest BCUT2D eigenvalue weighted by molar-refractivity contribution is 0.0734. The van der Waals surface area contributed by atoms with E-state index >= 15 is 0 Å². The fraction of sp³-hybridized carbons (Fsp3) is 0.480. The van der Waals surface area contributed by atoms with Crippen molar-refractivity contribution in [3.05, 3.63) is 65.2 Å². The summed E-state index contributed by atoms with van der Waals surface area (Å²) in [4.78, 5) is 12.4. The maximum atomic E-state index is 12.4. The molecule has 2 heteroatoms. The molecule has 0 aromatic heterocycles. The normalized spacial score (nSPS) is 19.6. The highest BCUT2D eigenvalue weighted by Crippen LogP contribution is 2.35. The Morgan fingerprint density at radius 3 is 2.22 bits per heavy atom. The third-order valence-electron chi connectivity index (χ3n) is 5.84. The second-order valence-electron chi connectivity index (χ2n) is 8.07. The molecular formula is C25H32O2. The van der Waals surface area contributed by atoms with Gasteiger partial charge >= 0.3 is 5.97 Å². The van der Waals surface area contributed by atoms with E-state index in [9.17, 15) is 4.79 Å². The zero-order valence-corrected chi connectivity index (χ0v) is 16.7. The molecule has 0 heterocycles. The first-order valence-corrected chi connectivity index (χ1v) is 10.6. The summed E-state index contributed by atoms with van der Waals surface area (Å²) in [5.74, 6) is 1.86. The van der Waals surface area contributed by atoms with E-state index in [0.717, 1.165) is 12.3 Å². The van der Waals surface area contributed by atoms with Crippen LogP contribution in [-0.2, 0) is 6.42 Å². The second-order valence-corrected chi connectivity index (χ2v) is 8.07. The molecule has 1 saturated carbocycles. The average Bonchev–Trinajstić information content (AvgIpc) is 2.70. The quantitative estimate of drug-likeness (QED) is 0.302. The summed E-state index contributed by atoms with van der Waals surface area (Å²) in [6.07, 6.45) is 9.92. The van der Waals surface area contributed by atoms with Crippen molar-refractivity contribution < 1.29 is 9.53 Å². The van der Waals surface area contributed by atoms with E-state index in [1.165, 1.54) is 56.1 Å². The van der Waals surface area contributed by atoms with Crippen LogP contribution in [0.1, 0.15) is 86.2 Å². The van der Waals surface area contributed by atoms with Crippen molar-refractivity contribution >= 4 is 5.97 Å². The SMILES string of the molecule is CCCCCc1ccc(C(=O)Oc2ccc(C3CCC(C)CC3)cc2)cc1. The first-order valence-electron chi connectivity index (χ1n) is 10.6. The van der Waals surface area contributed by atoms with Gasteiger partial charge in [-0.15, -0.1) is 0 Å². The number of esters is 1. The number of ether oxygens (including phenoxy) is 1. The van der Waals surface area contributed by atoms with Gasteiger partial charge in [0.2, 0.25) is 0 Å². The summed E-state index contributed by atoms with van der Waals surface area (Å²) in [6, 6.07) is 16.0. The van der Waals surface area contributed by atoms with E-state index in [-0.39, 0.29) is 5.97 Å². The number of benzene rings is 2. The number of carbonyl (C=O) groups is 1. The lowest BCUT2D eigenvalue weighted by Gasteiger charge is -2.26. The van der Waals surface area contributed by atoms with Crippen LogP contribution in [0.25, 0.3) is 0 Å². The topological polar surface area (TPSA) is 26.3 Å². The van der Waals surface area contributed by atoms with Crippen molar-refractivity contribution in [3.63, 3.8) is 0 Å². The lowest BCUT2D eigenvalue weighted by atomic mass is 9.79. The van der Waals surface area contributed by atoms with Gasteiger partial charge in [-0.05, 0) is 72.9 Å². The monoisotopic (exact) mass is 364 g/mol. The van der Waals surface area contributed by atoms with Crippen molar-refractivity contribution in [2.24, 2.45) is 5.92 Å². The Morgan fingerprint density at radius 1 is 0.926 bits per heavy atom. The fourth-order valence-electron chi connectivity index (χ4n) is 3.95.